The van der Waals surface area contributed by atoms with Crippen molar-refractivity contribution in [2.24, 2.45) is 0 Å². The molecule has 0 fully saturated rings. The van der Waals surface area contributed by atoms with Crippen molar-refractivity contribution in [2.75, 3.05) is 5.73 Å². The maximum absolute atomic E-state index is 12.0. The third-order valence-electron chi connectivity index (χ3n) is 3.14. The molecule has 21 heavy (non-hydrogen) atoms. The molecule has 3 aromatic rings. The molecule has 6 heteroatoms. The van der Waals surface area contributed by atoms with Gasteiger partial charge in [-0.15, -0.1) is 0 Å². The highest BCUT2D eigenvalue weighted by molar-refractivity contribution is 6.42. The van der Waals surface area contributed by atoms with Gasteiger partial charge in [-0.3, -0.25) is 4.79 Å². The number of H-pyrrole nitrogens is 1. The number of nitrogens with two attached hydrogens (primary N) is 1. The first-order valence-electron chi connectivity index (χ1n) is 6.25. The van der Waals surface area contributed by atoms with Crippen LogP contribution in [0.1, 0.15) is 11.4 Å². The molecule has 0 bridgehead atoms. The molecule has 0 saturated carbocycles. The summed E-state index contributed by atoms with van der Waals surface area (Å²) in [6, 6.07) is 10.3. The Bertz CT molecular complexity index is 890. The highest BCUT2D eigenvalue weighted by Crippen LogP contribution is 2.23. The van der Waals surface area contributed by atoms with Crippen LogP contribution in [-0.2, 0) is 6.42 Å². The van der Waals surface area contributed by atoms with Crippen molar-refractivity contribution in [3.63, 3.8) is 0 Å². The quantitative estimate of drug-likeness (QED) is 0.711. The standard InChI is InChI=1S/C15H11Cl2N3O/c16-11-4-1-8(5-12(11)17)6-14-19-13-7-9(18)2-3-10(13)15(21)20-14/h1-5,7H,6,18H2,(H,19,20,21). The van der Waals surface area contributed by atoms with Gasteiger partial charge < -0.3 is 10.7 Å². The summed E-state index contributed by atoms with van der Waals surface area (Å²) in [4.78, 5) is 19.2. The van der Waals surface area contributed by atoms with E-state index < -0.39 is 0 Å². The Kier molecular flexibility index (Phi) is 3.57. The minimum absolute atomic E-state index is 0.185. The van der Waals surface area contributed by atoms with Gasteiger partial charge in [0, 0.05) is 12.1 Å². The molecule has 3 rings (SSSR count). The molecule has 0 amide bonds. The number of benzene rings is 2. The highest BCUT2D eigenvalue weighted by atomic mass is 35.5. The van der Waals surface area contributed by atoms with Crippen molar-refractivity contribution < 1.29 is 0 Å². The lowest BCUT2D eigenvalue weighted by molar-refractivity contribution is 0.973. The first-order chi connectivity index (χ1) is 10.0. The number of anilines is 1. The zero-order chi connectivity index (χ0) is 15.0. The van der Waals surface area contributed by atoms with Crippen LogP contribution in [0.25, 0.3) is 10.9 Å². The molecule has 3 N–H and O–H groups in total. The fraction of sp³-hybridized carbons (Fsp3) is 0.0667. The van der Waals surface area contributed by atoms with Gasteiger partial charge in [0.2, 0.25) is 0 Å². The fourth-order valence-electron chi connectivity index (χ4n) is 2.13. The molecule has 0 aliphatic carbocycles. The van der Waals surface area contributed by atoms with Gasteiger partial charge in [-0.1, -0.05) is 29.3 Å². The summed E-state index contributed by atoms with van der Waals surface area (Å²) in [5.74, 6) is 0.552. The van der Waals surface area contributed by atoms with Gasteiger partial charge in [0.05, 0.1) is 20.9 Å². The highest BCUT2D eigenvalue weighted by Gasteiger charge is 2.06. The Morgan fingerprint density at radius 1 is 1.10 bits per heavy atom. The lowest BCUT2D eigenvalue weighted by Gasteiger charge is -2.05. The number of nitrogen functional groups attached to an aromatic ring is 1. The Balaban J connectivity index is 2.04. The predicted octanol–water partition coefficient (Wildman–Crippen LogP) is 3.40. The molecule has 0 radical (unpaired) electrons. The molecule has 106 valence electrons. The van der Waals surface area contributed by atoms with Gasteiger partial charge in [0.15, 0.2) is 0 Å². The zero-order valence-corrected chi connectivity index (χ0v) is 12.4. The Labute approximate surface area is 130 Å². The average Bonchev–Trinajstić information content (AvgIpc) is 2.42. The van der Waals surface area contributed by atoms with E-state index >= 15 is 0 Å². The summed E-state index contributed by atoms with van der Waals surface area (Å²) in [6.45, 7) is 0. The Morgan fingerprint density at radius 3 is 2.67 bits per heavy atom. The van der Waals surface area contributed by atoms with Gasteiger partial charge in [0.25, 0.3) is 5.56 Å². The van der Waals surface area contributed by atoms with Gasteiger partial charge in [-0.25, -0.2) is 4.98 Å². The topological polar surface area (TPSA) is 71.8 Å². The van der Waals surface area contributed by atoms with Crippen LogP contribution in [0.2, 0.25) is 10.0 Å². The number of nitrogens with zero attached hydrogens (tertiary/aromatic N) is 1. The maximum atomic E-state index is 12.0. The lowest BCUT2D eigenvalue weighted by atomic mass is 10.1. The monoisotopic (exact) mass is 319 g/mol. The van der Waals surface area contributed by atoms with Crippen molar-refractivity contribution >= 4 is 39.8 Å². The van der Waals surface area contributed by atoms with Crippen LogP contribution in [0, 0.1) is 0 Å². The Morgan fingerprint density at radius 2 is 1.90 bits per heavy atom. The number of hydrogen-bond acceptors (Lipinski definition) is 3. The van der Waals surface area contributed by atoms with Crippen LogP contribution in [0.5, 0.6) is 0 Å². The second kappa shape index (κ2) is 5.39. The van der Waals surface area contributed by atoms with Crippen LogP contribution in [0.3, 0.4) is 0 Å². The number of rotatable bonds is 2. The van der Waals surface area contributed by atoms with E-state index in [-0.39, 0.29) is 5.56 Å². The number of hydrogen-bond donors (Lipinski definition) is 2. The molecule has 0 saturated heterocycles. The molecular weight excluding hydrogens is 309 g/mol. The van der Waals surface area contributed by atoms with Crippen molar-refractivity contribution in [2.45, 2.75) is 6.42 Å². The largest absolute Gasteiger partial charge is 0.399 e. The summed E-state index contributed by atoms with van der Waals surface area (Å²) in [5.41, 5.74) is 7.60. The molecule has 1 heterocycles. The predicted molar refractivity (Wildman–Crippen MR) is 86.0 cm³/mol. The van der Waals surface area contributed by atoms with Gasteiger partial charge in [-0.2, -0.15) is 0 Å². The molecule has 0 atom stereocenters. The van der Waals surface area contributed by atoms with Crippen LogP contribution < -0.4 is 11.3 Å². The molecule has 0 aliphatic rings. The van der Waals surface area contributed by atoms with Gasteiger partial charge in [-0.05, 0) is 35.9 Å². The lowest BCUT2D eigenvalue weighted by Crippen LogP contribution is -2.12. The molecule has 0 unspecified atom stereocenters. The van der Waals surface area contributed by atoms with E-state index in [0.29, 0.717) is 38.9 Å². The van der Waals surface area contributed by atoms with E-state index in [0.717, 1.165) is 5.56 Å². The Hall–Kier alpha value is -2.04. The van der Waals surface area contributed by atoms with Crippen molar-refractivity contribution in [1.29, 1.82) is 0 Å². The molecular formula is C15H11Cl2N3O. The summed E-state index contributed by atoms with van der Waals surface area (Å²) < 4.78 is 0. The summed E-state index contributed by atoms with van der Waals surface area (Å²) in [7, 11) is 0. The summed E-state index contributed by atoms with van der Waals surface area (Å²) in [6.07, 6.45) is 0.455. The first-order valence-corrected chi connectivity index (χ1v) is 7.01. The summed E-state index contributed by atoms with van der Waals surface area (Å²) >= 11 is 11.9. The van der Waals surface area contributed by atoms with E-state index in [9.17, 15) is 4.79 Å². The van der Waals surface area contributed by atoms with Crippen molar-refractivity contribution in [1.82, 2.24) is 9.97 Å². The third-order valence-corrected chi connectivity index (χ3v) is 3.87. The number of halogens is 2. The number of aromatic nitrogens is 2. The normalized spacial score (nSPS) is 11.0. The SMILES string of the molecule is Nc1ccc2c(=O)[nH]c(Cc3ccc(Cl)c(Cl)c3)nc2c1. The van der Waals surface area contributed by atoms with E-state index in [4.69, 9.17) is 28.9 Å². The van der Waals surface area contributed by atoms with Crippen molar-refractivity contribution in [3.8, 4) is 0 Å². The number of aromatic amines is 1. The smallest absolute Gasteiger partial charge is 0.258 e. The summed E-state index contributed by atoms with van der Waals surface area (Å²) in [5, 5.41) is 1.48. The molecule has 0 spiro atoms. The van der Waals surface area contributed by atoms with E-state index in [1.807, 2.05) is 6.07 Å². The van der Waals surface area contributed by atoms with Crippen molar-refractivity contribution in [3.05, 3.63) is 68.2 Å². The van der Waals surface area contributed by atoms with Gasteiger partial charge >= 0.3 is 0 Å². The first kappa shape index (κ1) is 13.9. The van der Waals surface area contributed by atoms with Crippen LogP contribution in [0.4, 0.5) is 5.69 Å². The molecule has 1 aromatic heterocycles. The maximum Gasteiger partial charge on any atom is 0.258 e. The van der Waals surface area contributed by atoms with Gasteiger partial charge in [0.1, 0.15) is 5.82 Å². The second-order valence-corrected chi connectivity index (χ2v) is 5.53. The second-order valence-electron chi connectivity index (χ2n) is 4.71. The fourth-order valence-corrected chi connectivity index (χ4v) is 2.45. The minimum atomic E-state index is -0.185. The molecule has 4 nitrogen and oxygen atoms in total. The minimum Gasteiger partial charge on any atom is -0.399 e. The van der Waals surface area contributed by atoms with Crippen LogP contribution in [-0.4, -0.2) is 9.97 Å². The number of fused-ring (bicyclic) bond motifs is 1. The third kappa shape index (κ3) is 2.86. The number of nitrogens with one attached hydrogen (secondary N) is 1. The van der Waals surface area contributed by atoms with E-state index in [2.05, 4.69) is 9.97 Å². The van der Waals surface area contributed by atoms with E-state index in [1.54, 1.807) is 30.3 Å². The van der Waals surface area contributed by atoms with Crippen LogP contribution >= 0.6 is 23.2 Å². The van der Waals surface area contributed by atoms with Crippen LogP contribution in [0.15, 0.2) is 41.2 Å². The molecule has 0 aliphatic heterocycles. The van der Waals surface area contributed by atoms with E-state index in [1.165, 1.54) is 0 Å². The molecule has 2 aromatic carbocycles. The average molecular weight is 320 g/mol. The zero-order valence-electron chi connectivity index (χ0n) is 10.9.